The SMILES string of the molecule is Cc1ccc(-n2ncc(C(=O)N3CCN(c4ncnc5sccc45)CC3)c2C2CC2)cc1Cl. The number of rotatable bonds is 4. The fourth-order valence-electron chi connectivity index (χ4n) is 4.51. The first-order chi connectivity index (χ1) is 16.1. The van der Waals surface area contributed by atoms with Crippen LogP contribution in [0.25, 0.3) is 15.9 Å². The zero-order valence-corrected chi connectivity index (χ0v) is 19.8. The Morgan fingerprint density at radius 2 is 1.94 bits per heavy atom. The fraction of sp³-hybridized carbons (Fsp3) is 0.333. The van der Waals surface area contributed by atoms with E-state index in [1.807, 2.05) is 40.1 Å². The van der Waals surface area contributed by atoms with E-state index in [1.54, 1.807) is 23.9 Å². The third kappa shape index (κ3) is 3.67. The molecule has 1 aliphatic heterocycles. The lowest BCUT2D eigenvalue weighted by Gasteiger charge is -2.35. The van der Waals surface area contributed by atoms with Gasteiger partial charge in [0.25, 0.3) is 5.91 Å². The Morgan fingerprint density at radius 1 is 1.12 bits per heavy atom. The summed E-state index contributed by atoms with van der Waals surface area (Å²) in [6.45, 7) is 4.78. The number of nitrogens with zero attached hydrogens (tertiary/aromatic N) is 6. The van der Waals surface area contributed by atoms with Gasteiger partial charge in [0.05, 0.1) is 28.5 Å². The number of aryl methyl sites for hydroxylation is 1. The van der Waals surface area contributed by atoms with Gasteiger partial charge in [-0.1, -0.05) is 17.7 Å². The molecule has 0 atom stereocenters. The van der Waals surface area contributed by atoms with E-state index in [9.17, 15) is 4.79 Å². The van der Waals surface area contributed by atoms with Crippen molar-refractivity contribution < 1.29 is 4.79 Å². The van der Waals surface area contributed by atoms with Crippen LogP contribution in [-0.4, -0.2) is 56.7 Å². The van der Waals surface area contributed by atoms with Crippen molar-refractivity contribution >= 4 is 44.9 Å². The highest BCUT2D eigenvalue weighted by atomic mass is 35.5. The largest absolute Gasteiger partial charge is 0.352 e. The highest BCUT2D eigenvalue weighted by molar-refractivity contribution is 7.16. The summed E-state index contributed by atoms with van der Waals surface area (Å²) in [6.07, 6.45) is 5.53. The van der Waals surface area contributed by atoms with Gasteiger partial charge in [-0.15, -0.1) is 11.3 Å². The van der Waals surface area contributed by atoms with Gasteiger partial charge in [0.1, 0.15) is 17.0 Å². The number of carbonyl (C=O) groups excluding carboxylic acids is 1. The van der Waals surface area contributed by atoms with E-state index in [4.69, 9.17) is 11.6 Å². The van der Waals surface area contributed by atoms with E-state index in [-0.39, 0.29) is 5.91 Å². The molecule has 0 bridgehead atoms. The molecule has 0 spiro atoms. The van der Waals surface area contributed by atoms with Gasteiger partial charge < -0.3 is 9.80 Å². The van der Waals surface area contributed by atoms with Gasteiger partial charge in [-0.25, -0.2) is 14.6 Å². The fourth-order valence-corrected chi connectivity index (χ4v) is 5.41. The first-order valence-corrected chi connectivity index (χ1v) is 12.4. The predicted octanol–water partition coefficient (Wildman–Crippen LogP) is 4.68. The van der Waals surface area contributed by atoms with Gasteiger partial charge in [0, 0.05) is 37.1 Å². The maximum atomic E-state index is 13.5. The van der Waals surface area contributed by atoms with Crippen molar-refractivity contribution in [2.45, 2.75) is 25.7 Å². The molecule has 33 heavy (non-hydrogen) atoms. The number of halogens is 1. The van der Waals surface area contributed by atoms with Crippen LogP contribution in [-0.2, 0) is 0 Å². The second-order valence-electron chi connectivity index (χ2n) is 8.68. The monoisotopic (exact) mass is 478 g/mol. The van der Waals surface area contributed by atoms with E-state index in [0.29, 0.717) is 29.6 Å². The number of amides is 1. The minimum atomic E-state index is 0.0596. The molecule has 4 heterocycles. The number of benzene rings is 1. The molecule has 0 unspecified atom stereocenters. The molecule has 2 aliphatic rings. The molecule has 6 rings (SSSR count). The van der Waals surface area contributed by atoms with Crippen LogP contribution in [0, 0.1) is 6.92 Å². The van der Waals surface area contributed by atoms with Gasteiger partial charge in [-0.2, -0.15) is 5.10 Å². The van der Waals surface area contributed by atoms with Crippen LogP contribution in [0.5, 0.6) is 0 Å². The Hall–Kier alpha value is -2.97. The van der Waals surface area contributed by atoms with Crippen molar-refractivity contribution in [2.75, 3.05) is 31.1 Å². The maximum absolute atomic E-state index is 13.5. The topological polar surface area (TPSA) is 67.2 Å². The van der Waals surface area contributed by atoms with Gasteiger partial charge in [-0.3, -0.25) is 4.79 Å². The first-order valence-electron chi connectivity index (χ1n) is 11.2. The summed E-state index contributed by atoms with van der Waals surface area (Å²) in [7, 11) is 0. The van der Waals surface area contributed by atoms with Crippen molar-refractivity contribution in [3.05, 3.63) is 64.0 Å². The smallest absolute Gasteiger partial charge is 0.257 e. The van der Waals surface area contributed by atoms with Crippen LogP contribution in [0.2, 0.25) is 5.02 Å². The molecule has 0 radical (unpaired) electrons. The Labute approximate surface area is 200 Å². The van der Waals surface area contributed by atoms with E-state index >= 15 is 0 Å². The van der Waals surface area contributed by atoms with E-state index in [1.165, 1.54) is 0 Å². The Bertz CT molecular complexity index is 1350. The van der Waals surface area contributed by atoms with Crippen LogP contribution in [0.1, 0.15) is 40.4 Å². The number of hydrogen-bond acceptors (Lipinski definition) is 6. The lowest BCUT2D eigenvalue weighted by atomic mass is 10.1. The van der Waals surface area contributed by atoms with Gasteiger partial charge in [0.2, 0.25) is 0 Å². The van der Waals surface area contributed by atoms with Crippen molar-refractivity contribution in [3.63, 3.8) is 0 Å². The summed E-state index contributed by atoms with van der Waals surface area (Å²) >= 11 is 7.99. The minimum absolute atomic E-state index is 0.0596. The number of piperazine rings is 1. The van der Waals surface area contributed by atoms with Crippen molar-refractivity contribution in [3.8, 4) is 5.69 Å². The Morgan fingerprint density at radius 3 is 2.70 bits per heavy atom. The van der Waals surface area contributed by atoms with Gasteiger partial charge >= 0.3 is 0 Å². The van der Waals surface area contributed by atoms with Crippen LogP contribution < -0.4 is 4.90 Å². The second-order valence-corrected chi connectivity index (χ2v) is 9.98. The van der Waals surface area contributed by atoms with Crippen molar-refractivity contribution in [1.82, 2.24) is 24.6 Å². The molecule has 168 valence electrons. The summed E-state index contributed by atoms with van der Waals surface area (Å²) in [5, 5.41) is 8.44. The summed E-state index contributed by atoms with van der Waals surface area (Å²) in [6, 6.07) is 8.00. The van der Waals surface area contributed by atoms with Crippen LogP contribution >= 0.6 is 22.9 Å². The zero-order valence-electron chi connectivity index (χ0n) is 18.2. The highest BCUT2D eigenvalue weighted by Gasteiger charge is 2.35. The molecule has 1 amide bonds. The van der Waals surface area contributed by atoms with E-state index < -0.39 is 0 Å². The molecular formula is C24H23ClN6OS. The van der Waals surface area contributed by atoms with Crippen molar-refractivity contribution in [1.29, 1.82) is 0 Å². The first kappa shape index (κ1) is 20.6. The van der Waals surface area contributed by atoms with Crippen molar-refractivity contribution in [2.24, 2.45) is 0 Å². The molecule has 1 aromatic carbocycles. The molecule has 7 nitrogen and oxygen atoms in total. The van der Waals surface area contributed by atoms with E-state index in [2.05, 4.69) is 26.0 Å². The maximum Gasteiger partial charge on any atom is 0.257 e. The molecule has 0 N–H and O–H groups in total. The molecule has 9 heteroatoms. The predicted molar refractivity (Wildman–Crippen MR) is 131 cm³/mol. The number of fused-ring (bicyclic) bond motifs is 1. The summed E-state index contributed by atoms with van der Waals surface area (Å²) < 4.78 is 1.90. The minimum Gasteiger partial charge on any atom is -0.352 e. The summed E-state index contributed by atoms with van der Waals surface area (Å²) in [5.41, 5.74) is 3.65. The standard InChI is InChI=1S/C24H23ClN6OS/c1-15-2-5-17(12-20(15)25)31-21(16-3-4-16)19(13-28-31)24(32)30-9-7-29(8-10-30)22-18-6-11-33-23(18)27-14-26-22/h2,5-6,11-14,16H,3-4,7-10H2,1H3. The van der Waals surface area contributed by atoms with Crippen LogP contribution in [0.4, 0.5) is 5.82 Å². The lowest BCUT2D eigenvalue weighted by molar-refractivity contribution is 0.0745. The van der Waals surface area contributed by atoms with E-state index in [0.717, 1.165) is 58.9 Å². The third-order valence-electron chi connectivity index (χ3n) is 6.51. The van der Waals surface area contributed by atoms with Gasteiger partial charge in [-0.05, 0) is 48.9 Å². The number of aromatic nitrogens is 4. The molecule has 4 aromatic rings. The number of hydrogen-bond donors (Lipinski definition) is 0. The molecule has 1 saturated carbocycles. The average molecular weight is 479 g/mol. The number of anilines is 1. The average Bonchev–Trinajstić information content (AvgIpc) is 3.39. The molecular weight excluding hydrogens is 456 g/mol. The third-order valence-corrected chi connectivity index (χ3v) is 7.74. The zero-order chi connectivity index (χ0) is 22.5. The molecule has 1 aliphatic carbocycles. The highest BCUT2D eigenvalue weighted by Crippen LogP contribution is 2.43. The van der Waals surface area contributed by atoms with Crippen LogP contribution in [0.15, 0.2) is 42.2 Å². The normalized spacial score (nSPS) is 16.5. The molecule has 3 aromatic heterocycles. The number of carbonyl (C=O) groups is 1. The van der Waals surface area contributed by atoms with Gasteiger partial charge in [0.15, 0.2) is 0 Å². The van der Waals surface area contributed by atoms with Crippen LogP contribution in [0.3, 0.4) is 0 Å². The molecule has 2 fully saturated rings. The molecule has 1 saturated heterocycles. The second kappa shape index (κ2) is 8.11. The lowest BCUT2D eigenvalue weighted by Crippen LogP contribution is -2.49. The Kier molecular flexibility index (Phi) is 5.07. The Balaban J connectivity index is 1.24. The summed E-state index contributed by atoms with van der Waals surface area (Å²) in [5.74, 6) is 1.39. The quantitative estimate of drug-likeness (QED) is 0.426. The summed E-state index contributed by atoms with van der Waals surface area (Å²) in [4.78, 5) is 27.6. The number of thiophene rings is 1.